The molecule has 3 nitrogen and oxygen atoms in total. The summed E-state index contributed by atoms with van der Waals surface area (Å²) >= 11 is 0. The Morgan fingerprint density at radius 2 is 2.00 bits per heavy atom. The van der Waals surface area contributed by atoms with Crippen LogP contribution in [0.5, 0.6) is 0 Å². The van der Waals surface area contributed by atoms with Gasteiger partial charge in [-0.15, -0.1) is 12.4 Å². The minimum Gasteiger partial charge on any atom is -0.355 e. The van der Waals surface area contributed by atoms with E-state index < -0.39 is 0 Å². The van der Waals surface area contributed by atoms with Crippen LogP contribution in [0.4, 0.5) is 0 Å². The van der Waals surface area contributed by atoms with Crippen LogP contribution in [0.3, 0.4) is 0 Å². The normalized spacial score (nSPS) is 35.1. The fourth-order valence-corrected chi connectivity index (χ4v) is 3.86. The maximum absolute atomic E-state index is 11.9. The molecule has 0 aliphatic heterocycles. The number of carbonyl (C=O) groups is 1. The van der Waals surface area contributed by atoms with E-state index in [-0.39, 0.29) is 24.4 Å². The van der Waals surface area contributed by atoms with Gasteiger partial charge in [-0.05, 0) is 55.8 Å². The van der Waals surface area contributed by atoms with E-state index in [4.69, 9.17) is 5.73 Å². The third-order valence-electron chi connectivity index (χ3n) is 5.09. The van der Waals surface area contributed by atoms with Crippen molar-refractivity contribution in [3.05, 3.63) is 0 Å². The van der Waals surface area contributed by atoms with Crippen LogP contribution in [0.1, 0.15) is 44.9 Å². The second-order valence-corrected chi connectivity index (χ2v) is 6.44. The Morgan fingerprint density at radius 3 is 2.56 bits per heavy atom. The lowest BCUT2D eigenvalue weighted by Gasteiger charge is -2.21. The van der Waals surface area contributed by atoms with E-state index in [9.17, 15) is 4.79 Å². The summed E-state index contributed by atoms with van der Waals surface area (Å²) in [5.41, 5.74) is 5.98. The first-order valence-corrected chi connectivity index (χ1v) is 7.24. The highest BCUT2D eigenvalue weighted by atomic mass is 35.5. The first kappa shape index (κ1) is 14.1. The lowest BCUT2D eigenvalue weighted by molar-refractivity contribution is -0.122. The van der Waals surface area contributed by atoms with Crippen LogP contribution >= 0.6 is 12.4 Å². The van der Waals surface area contributed by atoms with E-state index in [1.54, 1.807) is 0 Å². The summed E-state index contributed by atoms with van der Waals surface area (Å²) in [4.78, 5) is 11.9. The zero-order chi connectivity index (χ0) is 11.8. The minimum absolute atomic E-state index is 0. The highest BCUT2D eigenvalue weighted by molar-refractivity contribution is 5.85. The van der Waals surface area contributed by atoms with Gasteiger partial charge in [0, 0.05) is 19.0 Å². The number of rotatable bonds is 5. The standard InChI is InChI=1S/C14H24N2O.ClH/c15-13(10-3-4-10)8-16-14(17)7-12-6-9-1-2-11(12)5-9;/h9-13H,1-8,15H2,(H,16,17);1H. The molecule has 4 unspecified atom stereocenters. The first-order chi connectivity index (χ1) is 8.22. The fourth-order valence-electron chi connectivity index (χ4n) is 3.86. The number of nitrogens with one attached hydrogen (secondary N) is 1. The fraction of sp³-hybridized carbons (Fsp3) is 0.929. The summed E-state index contributed by atoms with van der Waals surface area (Å²) < 4.78 is 0. The quantitative estimate of drug-likeness (QED) is 0.805. The van der Waals surface area contributed by atoms with Gasteiger partial charge < -0.3 is 11.1 Å². The van der Waals surface area contributed by atoms with Crippen molar-refractivity contribution >= 4 is 18.3 Å². The van der Waals surface area contributed by atoms with Crippen LogP contribution in [0, 0.1) is 23.7 Å². The summed E-state index contributed by atoms with van der Waals surface area (Å²) in [5.74, 6) is 3.37. The van der Waals surface area contributed by atoms with Gasteiger partial charge in [-0.2, -0.15) is 0 Å². The number of halogens is 1. The van der Waals surface area contributed by atoms with E-state index in [1.165, 1.54) is 38.5 Å². The number of hydrogen-bond acceptors (Lipinski definition) is 2. The molecule has 0 aromatic heterocycles. The van der Waals surface area contributed by atoms with Gasteiger partial charge in [-0.1, -0.05) is 6.42 Å². The van der Waals surface area contributed by atoms with Crippen LogP contribution in [-0.2, 0) is 4.79 Å². The molecule has 1 amide bonds. The summed E-state index contributed by atoms with van der Waals surface area (Å²) in [5, 5.41) is 3.03. The Balaban J connectivity index is 0.00000120. The number of hydrogen-bond donors (Lipinski definition) is 2. The monoisotopic (exact) mass is 272 g/mol. The summed E-state index contributed by atoms with van der Waals surface area (Å²) in [7, 11) is 0. The van der Waals surface area contributed by atoms with Gasteiger partial charge in [-0.3, -0.25) is 4.79 Å². The average Bonchev–Trinajstić information content (AvgIpc) is 2.97. The summed E-state index contributed by atoms with van der Waals surface area (Å²) in [6, 6.07) is 0.193. The molecular formula is C14H25ClN2O. The molecule has 0 spiro atoms. The molecule has 0 heterocycles. The Hall–Kier alpha value is -0.280. The van der Waals surface area contributed by atoms with Gasteiger partial charge in [0.15, 0.2) is 0 Å². The van der Waals surface area contributed by atoms with Crippen LogP contribution in [0.25, 0.3) is 0 Å². The minimum atomic E-state index is 0. The van der Waals surface area contributed by atoms with Crippen molar-refractivity contribution in [3.8, 4) is 0 Å². The topological polar surface area (TPSA) is 55.1 Å². The molecule has 3 aliphatic rings. The summed E-state index contributed by atoms with van der Waals surface area (Å²) in [6.45, 7) is 0.685. The maximum atomic E-state index is 11.9. The predicted octanol–water partition coefficient (Wildman–Crippen LogP) is 2.09. The van der Waals surface area contributed by atoms with Crippen molar-refractivity contribution in [3.63, 3.8) is 0 Å². The molecule has 3 N–H and O–H groups in total. The van der Waals surface area contributed by atoms with Gasteiger partial charge >= 0.3 is 0 Å². The van der Waals surface area contributed by atoms with Gasteiger partial charge in [0.25, 0.3) is 0 Å². The Bertz CT molecular complexity index is 306. The molecule has 0 aromatic rings. The second kappa shape index (κ2) is 5.79. The molecule has 3 rings (SSSR count). The molecule has 3 saturated carbocycles. The maximum Gasteiger partial charge on any atom is 0.220 e. The Kier molecular flexibility index (Phi) is 4.54. The Labute approximate surface area is 116 Å². The molecule has 3 fully saturated rings. The molecular weight excluding hydrogens is 248 g/mol. The van der Waals surface area contributed by atoms with Crippen LogP contribution in [0.2, 0.25) is 0 Å². The van der Waals surface area contributed by atoms with Crippen molar-refractivity contribution in [2.75, 3.05) is 6.54 Å². The second-order valence-electron chi connectivity index (χ2n) is 6.44. The van der Waals surface area contributed by atoms with Crippen molar-refractivity contribution in [2.24, 2.45) is 29.4 Å². The molecule has 18 heavy (non-hydrogen) atoms. The van der Waals surface area contributed by atoms with E-state index in [0.717, 1.165) is 18.3 Å². The zero-order valence-corrected chi connectivity index (χ0v) is 11.8. The van der Waals surface area contributed by atoms with Gasteiger partial charge in [0.2, 0.25) is 5.91 Å². The van der Waals surface area contributed by atoms with E-state index in [0.29, 0.717) is 18.4 Å². The lowest BCUT2D eigenvalue weighted by Crippen LogP contribution is -2.39. The van der Waals surface area contributed by atoms with Crippen LogP contribution in [0.15, 0.2) is 0 Å². The van der Waals surface area contributed by atoms with Crippen molar-refractivity contribution < 1.29 is 4.79 Å². The van der Waals surface area contributed by atoms with E-state index in [2.05, 4.69) is 5.32 Å². The first-order valence-electron chi connectivity index (χ1n) is 7.24. The van der Waals surface area contributed by atoms with Crippen LogP contribution < -0.4 is 11.1 Å². The van der Waals surface area contributed by atoms with Gasteiger partial charge in [0.1, 0.15) is 0 Å². The van der Waals surface area contributed by atoms with Crippen molar-refractivity contribution in [1.29, 1.82) is 0 Å². The van der Waals surface area contributed by atoms with Gasteiger partial charge in [-0.25, -0.2) is 0 Å². The lowest BCUT2D eigenvalue weighted by atomic mass is 9.86. The highest BCUT2D eigenvalue weighted by Gasteiger charge is 2.40. The van der Waals surface area contributed by atoms with E-state index >= 15 is 0 Å². The molecule has 104 valence electrons. The SMILES string of the molecule is Cl.NC(CNC(=O)CC1CC2CCC1C2)C1CC1. The molecule has 4 atom stereocenters. The molecule has 0 aromatic carbocycles. The summed E-state index contributed by atoms with van der Waals surface area (Å²) in [6.07, 6.45) is 8.72. The average molecular weight is 273 g/mol. The molecule has 4 heteroatoms. The zero-order valence-electron chi connectivity index (χ0n) is 10.9. The number of nitrogens with two attached hydrogens (primary N) is 1. The highest BCUT2D eigenvalue weighted by Crippen LogP contribution is 2.49. The van der Waals surface area contributed by atoms with E-state index in [1.807, 2.05) is 0 Å². The largest absolute Gasteiger partial charge is 0.355 e. The van der Waals surface area contributed by atoms with Crippen LogP contribution in [-0.4, -0.2) is 18.5 Å². The van der Waals surface area contributed by atoms with Gasteiger partial charge in [0.05, 0.1) is 0 Å². The molecule has 3 aliphatic carbocycles. The van der Waals surface area contributed by atoms with Crippen molar-refractivity contribution in [1.82, 2.24) is 5.32 Å². The Morgan fingerprint density at radius 1 is 1.22 bits per heavy atom. The van der Waals surface area contributed by atoms with Crippen molar-refractivity contribution in [2.45, 2.75) is 51.0 Å². The predicted molar refractivity (Wildman–Crippen MR) is 74.5 cm³/mol. The third kappa shape index (κ3) is 3.18. The molecule has 2 bridgehead atoms. The number of carbonyl (C=O) groups excluding carboxylic acids is 1. The molecule has 0 radical (unpaired) electrons. The molecule has 0 saturated heterocycles. The third-order valence-corrected chi connectivity index (χ3v) is 5.09. The number of fused-ring (bicyclic) bond motifs is 2. The smallest absolute Gasteiger partial charge is 0.220 e. The number of amides is 1.